The molecule has 1 rings (SSSR count). The van der Waals surface area contributed by atoms with Crippen LogP contribution in [-0.4, -0.2) is 38.3 Å². The lowest BCUT2D eigenvalue weighted by Gasteiger charge is -2.33. The highest BCUT2D eigenvalue weighted by Gasteiger charge is 2.21. The van der Waals surface area contributed by atoms with E-state index in [-0.39, 0.29) is 6.04 Å². The van der Waals surface area contributed by atoms with Gasteiger partial charge in [-0.25, -0.2) is 0 Å². The molecule has 1 aromatic rings. The summed E-state index contributed by atoms with van der Waals surface area (Å²) in [5.74, 6) is 0. The third-order valence-corrected chi connectivity index (χ3v) is 3.99. The van der Waals surface area contributed by atoms with Crippen molar-refractivity contribution in [3.63, 3.8) is 0 Å². The lowest BCUT2D eigenvalue weighted by molar-refractivity contribution is 0.0785. The molecule has 2 unspecified atom stereocenters. The van der Waals surface area contributed by atoms with Crippen molar-refractivity contribution >= 4 is 11.6 Å². The average Bonchev–Trinajstić information content (AvgIpc) is 2.42. The van der Waals surface area contributed by atoms with Crippen molar-refractivity contribution < 1.29 is 4.74 Å². The number of methoxy groups -OCH3 is 1. The Labute approximate surface area is 121 Å². The van der Waals surface area contributed by atoms with Crippen molar-refractivity contribution in [1.82, 2.24) is 4.90 Å². The van der Waals surface area contributed by atoms with Gasteiger partial charge in [0.2, 0.25) is 0 Å². The number of ether oxygens (including phenoxy) is 1. The Kier molecular flexibility index (Phi) is 7.39. The molecule has 4 heteroatoms. The van der Waals surface area contributed by atoms with Gasteiger partial charge in [-0.15, -0.1) is 0 Å². The summed E-state index contributed by atoms with van der Waals surface area (Å²) in [6.45, 7) is 3.60. The van der Waals surface area contributed by atoms with Crippen LogP contribution < -0.4 is 5.73 Å². The molecule has 19 heavy (non-hydrogen) atoms. The van der Waals surface area contributed by atoms with Gasteiger partial charge in [-0.2, -0.15) is 0 Å². The Morgan fingerprint density at radius 2 is 2.05 bits per heavy atom. The molecule has 1 aromatic carbocycles. The minimum atomic E-state index is 0.256. The molecular weight excluding hydrogens is 260 g/mol. The number of halogens is 1. The van der Waals surface area contributed by atoms with E-state index < -0.39 is 0 Å². The summed E-state index contributed by atoms with van der Waals surface area (Å²) in [5.41, 5.74) is 6.76. The summed E-state index contributed by atoms with van der Waals surface area (Å²) >= 11 is 6.27. The predicted octanol–water partition coefficient (Wildman–Crippen LogP) is 3.09. The van der Waals surface area contributed by atoms with E-state index in [4.69, 9.17) is 22.1 Å². The fourth-order valence-electron chi connectivity index (χ4n) is 2.30. The Morgan fingerprint density at radius 1 is 1.37 bits per heavy atom. The van der Waals surface area contributed by atoms with Gasteiger partial charge in [-0.1, -0.05) is 29.8 Å². The number of hydrogen-bond donors (Lipinski definition) is 1. The summed E-state index contributed by atoms with van der Waals surface area (Å²) < 4.78 is 5.32. The largest absolute Gasteiger partial charge is 0.383 e. The van der Waals surface area contributed by atoms with E-state index in [0.717, 1.165) is 23.4 Å². The van der Waals surface area contributed by atoms with Crippen molar-refractivity contribution in [1.29, 1.82) is 0 Å². The van der Waals surface area contributed by atoms with Crippen LogP contribution in [0.4, 0.5) is 0 Å². The SMILES string of the molecule is COCC(CCCN)N(C)C(C)c1ccccc1Cl. The van der Waals surface area contributed by atoms with Gasteiger partial charge in [0.15, 0.2) is 0 Å². The molecule has 108 valence electrons. The first-order valence-corrected chi connectivity index (χ1v) is 7.15. The van der Waals surface area contributed by atoms with E-state index in [1.165, 1.54) is 0 Å². The van der Waals surface area contributed by atoms with Gasteiger partial charge in [0.05, 0.1) is 6.61 Å². The monoisotopic (exact) mass is 284 g/mol. The zero-order valence-electron chi connectivity index (χ0n) is 12.1. The predicted molar refractivity (Wildman–Crippen MR) is 81.6 cm³/mol. The van der Waals surface area contributed by atoms with Gasteiger partial charge in [0, 0.05) is 24.2 Å². The van der Waals surface area contributed by atoms with Gasteiger partial charge in [-0.3, -0.25) is 4.90 Å². The number of likely N-dealkylation sites (N-methyl/N-ethyl adjacent to an activating group) is 1. The summed E-state index contributed by atoms with van der Waals surface area (Å²) in [6, 6.07) is 8.62. The van der Waals surface area contributed by atoms with E-state index in [2.05, 4.69) is 24.9 Å². The third-order valence-electron chi connectivity index (χ3n) is 3.64. The van der Waals surface area contributed by atoms with E-state index in [0.29, 0.717) is 19.2 Å². The highest BCUT2D eigenvalue weighted by atomic mass is 35.5. The van der Waals surface area contributed by atoms with E-state index >= 15 is 0 Å². The highest BCUT2D eigenvalue weighted by Crippen LogP contribution is 2.28. The molecule has 0 aliphatic rings. The fraction of sp³-hybridized carbons (Fsp3) is 0.600. The van der Waals surface area contributed by atoms with Crippen LogP contribution in [0.1, 0.15) is 31.4 Å². The molecule has 2 atom stereocenters. The van der Waals surface area contributed by atoms with E-state index in [1.54, 1.807) is 7.11 Å². The van der Waals surface area contributed by atoms with Crippen LogP contribution in [0.25, 0.3) is 0 Å². The maximum atomic E-state index is 6.27. The first-order chi connectivity index (χ1) is 9.11. The van der Waals surface area contributed by atoms with Crippen LogP contribution in [0.2, 0.25) is 5.02 Å². The lowest BCUT2D eigenvalue weighted by atomic mass is 10.0. The van der Waals surface area contributed by atoms with Crippen molar-refractivity contribution in [2.24, 2.45) is 5.73 Å². The number of nitrogens with zero attached hydrogens (tertiary/aromatic N) is 1. The van der Waals surface area contributed by atoms with Crippen LogP contribution in [0.5, 0.6) is 0 Å². The van der Waals surface area contributed by atoms with Crippen molar-refractivity contribution in [3.8, 4) is 0 Å². The van der Waals surface area contributed by atoms with E-state index in [1.807, 2.05) is 18.2 Å². The molecule has 0 fully saturated rings. The molecule has 0 saturated carbocycles. The molecule has 0 heterocycles. The number of benzene rings is 1. The van der Waals surface area contributed by atoms with Crippen LogP contribution in [0.3, 0.4) is 0 Å². The molecule has 0 saturated heterocycles. The summed E-state index contributed by atoms with van der Waals surface area (Å²) in [7, 11) is 3.86. The molecule has 0 spiro atoms. The summed E-state index contributed by atoms with van der Waals surface area (Å²) in [4.78, 5) is 2.32. The molecule has 3 nitrogen and oxygen atoms in total. The molecule has 0 bridgehead atoms. The zero-order chi connectivity index (χ0) is 14.3. The Bertz CT molecular complexity index is 373. The van der Waals surface area contributed by atoms with Crippen LogP contribution >= 0.6 is 11.6 Å². The minimum absolute atomic E-state index is 0.256. The van der Waals surface area contributed by atoms with Gasteiger partial charge in [0.25, 0.3) is 0 Å². The second kappa shape index (κ2) is 8.54. The smallest absolute Gasteiger partial charge is 0.0618 e. The van der Waals surface area contributed by atoms with Gasteiger partial charge in [0.1, 0.15) is 0 Å². The second-order valence-electron chi connectivity index (χ2n) is 4.90. The first kappa shape index (κ1) is 16.4. The zero-order valence-corrected chi connectivity index (χ0v) is 12.9. The molecular formula is C15H25ClN2O. The van der Waals surface area contributed by atoms with Gasteiger partial charge in [-0.05, 0) is 45.0 Å². The Balaban J connectivity index is 2.77. The summed E-state index contributed by atoms with van der Waals surface area (Å²) in [5, 5.41) is 0.817. The molecule has 0 radical (unpaired) electrons. The van der Waals surface area contributed by atoms with Crippen molar-refractivity contribution in [2.75, 3.05) is 27.3 Å². The number of hydrogen-bond acceptors (Lipinski definition) is 3. The standard InChI is InChI=1S/C15H25ClN2O/c1-12(14-8-4-5-9-15(14)16)18(2)13(11-19-3)7-6-10-17/h4-5,8-9,12-13H,6-7,10-11,17H2,1-3H3. The van der Waals surface area contributed by atoms with E-state index in [9.17, 15) is 0 Å². The molecule has 0 amide bonds. The molecule has 0 aromatic heterocycles. The maximum absolute atomic E-state index is 6.27. The van der Waals surface area contributed by atoms with Crippen LogP contribution in [-0.2, 0) is 4.74 Å². The topological polar surface area (TPSA) is 38.5 Å². The van der Waals surface area contributed by atoms with Crippen molar-refractivity contribution in [2.45, 2.75) is 31.8 Å². The fourth-order valence-corrected chi connectivity index (χ4v) is 2.59. The Hall–Kier alpha value is -0.610. The first-order valence-electron chi connectivity index (χ1n) is 6.77. The van der Waals surface area contributed by atoms with Gasteiger partial charge < -0.3 is 10.5 Å². The Morgan fingerprint density at radius 3 is 2.63 bits per heavy atom. The normalized spacial score (nSPS) is 14.6. The number of rotatable bonds is 8. The van der Waals surface area contributed by atoms with Gasteiger partial charge >= 0.3 is 0 Å². The average molecular weight is 285 g/mol. The quantitative estimate of drug-likeness (QED) is 0.797. The molecule has 0 aliphatic heterocycles. The molecule has 2 N–H and O–H groups in total. The second-order valence-corrected chi connectivity index (χ2v) is 5.31. The number of nitrogens with two attached hydrogens (primary N) is 1. The van der Waals surface area contributed by atoms with Crippen molar-refractivity contribution in [3.05, 3.63) is 34.9 Å². The van der Waals surface area contributed by atoms with Crippen LogP contribution in [0, 0.1) is 0 Å². The lowest BCUT2D eigenvalue weighted by Crippen LogP contribution is -2.37. The highest BCUT2D eigenvalue weighted by molar-refractivity contribution is 6.31. The third kappa shape index (κ3) is 4.77. The minimum Gasteiger partial charge on any atom is -0.383 e. The summed E-state index contributed by atoms with van der Waals surface area (Å²) in [6.07, 6.45) is 2.04. The maximum Gasteiger partial charge on any atom is 0.0618 e. The molecule has 0 aliphatic carbocycles. The van der Waals surface area contributed by atoms with Crippen LogP contribution in [0.15, 0.2) is 24.3 Å².